The Morgan fingerprint density at radius 1 is 1.00 bits per heavy atom. The van der Waals surface area contributed by atoms with Gasteiger partial charge < -0.3 is 5.32 Å². The second-order valence-corrected chi connectivity index (χ2v) is 8.77. The van der Waals surface area contributed by atoms with Gasteiger partial charge in [-0.25, -0.2) is 0 Å². The number of rotatable bonds is 2. The normalized spacial score (nSPS) is 34.4. The van der Waals surface area contributed by atoms with Crippen molar-refractivity contribution in [2.24, 2.45) is 16.2 Å². The Labute approximate surface area is 148 Å². The van der Waals surface area contributed by atoms with Crippen molar-refractivity contribution in [3.8, 4) is 0 Å². The van der Waals surface area contributed by atoms with Crippen molar-refractivity contribution >= 4 is 23.4 Å². The zero-order valence-corrected chi connectivity index (χ0v) is 15.6. The Morgan fingerprint density at radius 3 is 2.12 bits per heavy atom. The summed E-state index contributed by atoms with van der Waals surface area (Å²) in [6.07, 6.45) is 1.37. The van der Waals surface area contributed by atoms with Crippen LogP contribution >= 0.6 is 0 Å². The highest BCUT2D eigenvalue weighted by atomic mass is 16.2. The van der Waals surface area contributed by atoms with Gasteiger partial charge in [0.1, 0.15) is 0 Å². The zero-order chi connectivity index (χ0) is 18.6. The first-order chi connectivity index (χ1) is 11.5. The molecule has 25 heavy (non-hydrogen) atoms. The molecule has 2 fully saturated rings. The van der Waals surface area contributed by atoms with Crippen molar-refractivity contribution in [3.05, 3.63) is 29.3 Å². The molecule has 0 aromatic heterocycles. The Kier molecular flexibility index (Phi) is 3.82. The minimum atomic E-state index is -0.772. The van der Waals surface area contributed by atoms with Crippen LogP contribution in [0.15, 0.2) is 18.2 Å². The molecule has 2 N–H and O–H groups in total. The molecule has 1 heterocycles. The molecular formula is C20H26N2O3. The second kappa shape index (κ2) is 5.41. The lowest BCUT2D eigenvalue weighted by molar-refractivity contribution is -0.163. The van der Waals surface area contributed by atoms with Crippen LogP contribution < -0.4 is 10.6 Å². The molecule has 2 aliphatic rings. The van der Waals surface area contributed by atoms with E-state index in [2.05, 4.69) is 10.6 Å². The number of carbonyl (C=O) groups excluding carboxylic acids is 3. The fourth-order valence-electron chi connectivity index (χ4n) is 4.80. The predicted molar refractivity (Wildman–Crippen MR) is 95.9 cm³/mol. The van der Waals surface area contributed by atoms with Gasteiger partial charge in [0.15, 0.2) is 0 Å². The predicted octanol–water partition coefficient (Wildman–Crippen LogP) is 3.10. The van der Waals surface area contributed by atoms with Crippen LogP contribution in [0.2, 0.25) is 0 Å². The minimum Gasteiger partial charge on any atom is -0.325 e. The quantitative estimate of drug-likeness (QED) is 0.811. The maximum absolute atomic E-state index is 13.1. The van der Waals surface area contributed by atoms with E-state index in [1.165, 1.54) is 0 Å². The number of hydrogen-bond donors (Lipinski definition) is 2. The summed E-state index contributed by atoms with van der Waals surface area (Å²) >= 11 is 0. The molecule has 1 aromatic rings. The van der Waals surface area contributed by atoms with Gasteiger partial charge in [-0.1, -0.05) is 32.9 Å². The van der Waals surface area contributed by atoms with Crippen molar-refractivity contribution in [1.82, 2.24) is 5.32 Å². The first kappa shape index (κ1) is 17.6. The third kappa shape index (κ3) is 2.86. The van der Waals surface area contributed by atoms with Crippen molar-refractivity contribution in [1.29, 1.82) is 0 Å². The van der Waals surface area contributed by atoms with Gasteiger partial charge in [0.05, 0.1) is 0 Å². The first-order valence-corrected chi connectivity index (χ1v) is 8.72. The van der Waals surface area contributed by atoms with E-state index in [1.807, 2.05) is 52.8 Å². The molecule has 2 unspecified atom stereocenters. The molecule has 1 aliphatic carbocycles. The van der Waals surface area contributed by atoms with Crippen LogP contribution in [0.5, 0.6) is 0 Å². The first-order valence-electron chi connectivity index (χ1n) is 8.72. The molecule has 1 aromatic carbocycles. The van der Waals surface area contributed by atoms with Crippen molar-refractivity contribution < 1.29 is 14.4 Å². The Balaban J connectivity index is 1.93. The van der Waals surface area contributed by atoms with Crippen molar-refractivity contribution in [3.63, 3.8) is 0 Å². The average molecular weight is 342 g/mol. The lowest BCUT2D eigenvalue weighted by atomic mass is 9.52. The lowest BCUT2D eigenvalue weighted by Gasteiger charge is -2.53. The van der Waals surface area contributed by atoms with E-state index in [4.69, 9.17) is 0 Å². The van der Waals surface area contributed by atoms with Crippen LogP contribution in [0, 0.1) is 30.1 Å². The van der Waals surface area contributed by atoms with E-state index in [1.54, 1.807) is 0 Å². The van der Waals surface area contributed by atoms with Crippen molar-refractivity contribution in [2.45, 2.75) is 53.9 Å². The van der Waals surface area contributed by atoms with Gasteiger partial charge >= 0.3 is 0 Å². The maximum atomic E-state index is 13.1. The zero-order valence-electron chi connectivity index (χ0n) is 15.6. The molecular weight excluding hydrogens is 316 g/mol. The molecule has 134 valence electrons. The Morgan fingerprint density at radius 2 is 1.56 bits per heavy atom. The highest BCUT2D eigenvalue weighted by molar-refractivity contribution is 6.05. The molecule has 0 spiro atoms. The SMILES string of the molecule is Cc1ccc(C)c(NC(=O)C2(C)CC3(C)CC(C)(C2)C(=O)NC3=O)c1. The van der Waals surface area contributed by atoms with E-state index < -0.39 is 16.2 Å². The van der Waals surface area contributed by atoms with Crippen LogP contribution in [0.1, 0.15) is 51.2 Å². The monoisotopic (exact) mass is 342 g/mol. The summed E-state index contributed by atoms with van der Waals surface area (Å²) in [7, 11) is 0. The Hall–Kier alpha value is -2.17. The molecule has 0 radical (unpaired) electrons. The number of benzene rings is 1. The fourth-order valence-corrected chi connectivity index (χ4v) is 4.80. The van der Waals surface area contributed by atoms with Crippen LogP contribution in [0.25, 0.3) is 0 Å². The number of hydrogen-bond acceptors (Lipinski definition) is 3. The lowest BCUT2D eigenvalue weighted by Crippen LogP contribution is -2.63. The molecule has 5 nitrogen and oxygen atoms in total. The van der Waals surface area contributed by atoms with Crippen molar-refractivity contribution in [2.75, 3.05) is 5.32 Å². The van der Waals surface area contributed by atoms with Gasteiger partial charge in [-0.05, 0) is 50.3 Å². The van der Waals surface area contributed by atoms with E-state index in [-0.39, 0.29) is 17.7 Å². The number of anilines is 1. The van der Waals surface area contributed by atoms with Gasteiger partial charge in [-0.2, -0.15) is 0 Å². The standard InChI is InChI=1S/C20H26N2O3/c1-12-6-7-13(2)14(8-12)21-15(23)18(3)9-19(4)11-20(5,10-18)17(25)22-16(19)24/h6-8H,9-11H2,1-5H3,(H,21,23)(H,22,24,25). The number of amides is 3. The number of carbonyl (C=O) groups is 3. The summed E-state index contributed by atoms with van der Waals surface area (Å²) < 4.78 is 0. The van der Waals surface area contributed by atoms with Crippen LogP contribution in [-0.4, -0.2) is 17.7 Å². The highest BCUT2D eigenvalue weighted by Gasteiger charge is 2.60. The van der Waals surface area contributed by atoms with E-state index >= 15 is 0 Å². The second-order valence-electron chi connectivity index (χ2n) is 8.77. The number of nitrogens with one attached hydrogen (secondary N) is 2. The van der Waals surface area contributed by atoms with Gasteiger partial charge in [0.25, 0.3) is 0 Å². The molecule has 1 saturated heterocycles. The van der Waals surface area contributed by atoms with E-state index in [0.29, 0.717) is 19.3 Å². The summed E-state index contributed by atoms with van der Waals surface area (Å²) in [6, 6.07) is 5.92. The third-order valence-corrected chi connectivity index (χ3v) is 5.85. The molecule has 3 rings (SSSR count). The third-order valence-electron chi connectivity index (χ3n) is 5.85. The molecule has 3 amide bonds. The summed E-state index contributed by atoms with van der Waals surface area (Å²) in [5.41, 5.74) is 0.673. The molecule has 1 aliphatic heterocycles. The summed E-state index contributed by atoms with van der Waals surface area (Å²) in [4.78, 5) is 37.9. The van der Waals surface area contributed by atoms with Gasteiger partial charge in [-0.15, -0.1) is 0 Å². The molecule has 2 atom stereocenters. The number of piperidine rings is 1. The highest BCUT2D eigenvalue weighted by Crippen LogP contribution is 2.56. The van der Waals surface area contributed by atoms with Crippen LogP contribution in [-0.2, 0) is 14.4 Å². The largest absolute Gasteiger partial charge is 0.325 e. The Bertz CT molecular complexity index is 757. The molecule has 2 bridgehead atoms. The maximum Gasteiger partial charge on any atom is 0.232 e. The summed E-state index contributed by atoms with van der Waals surface area (Å²) in [6.45, 7) is 9.51. The number of fused-ring (bicyclic) bond motifs is 2. The van der Waals surface area contributed by atoms with Crippen LogP contribution in [0.3, 0.4) is 0 Å². The van der Waals surface area contributed by atoms with Gasteiger partial charge in [0.2, 0.25) is 17.7 Å². The molecule has 5 heteroatoms. The smallest absolute Gasteiger partial charge is 0.232 e. The number of aryl methyl sites for hydroxylation is 2. The minimum absolute atomic E-state index is 0.124. The molecule has 1 saturated carbocycles. The van der Waals surface area contributed by atoms with Crippen LogP contribution in [0.4, 0.5) is 5.69 Å². The summed E-state index contributed by atoms with van der Waals surface area (Å²) in [5.74, 6) is -0.651. The summed E-state index contributed by atoms with van der Waals surface area (Å²) in [5, 5.41) is 5.53. The number of imide groups is 1. The van der Waals surface area contributed by atoms with Gasteiger partial charge in [0, 0.05) is 21.9 Å². The topological polar surface area (TPSA) is 75.3 Å². The van der Waals surface area contributed by atoms with Gasteiger partial charge in [-0.3, -0.25) is 19.7 Å². The van der Waals surface area contributed by atoms with E-state index in [9.17, 15) is 14.4 Å². The van der Waals surface area contributed by atoms with E-state index in [0.717, 1.165) is 16.8 Å². The fraction of sp³-hybridized carbons (Fsp3) is 0.550. The average Bonchev–Trinajstić information content (AvgIpc) is 2.48.